The van der Waals surface area contributed by atoms with Crippen LogP contribution in [0.5, 0.6) is 0 Å². The zero-order chi connectivity index (χ0) is 22.2. The fourth-order valence-electron chi connectivity index (χ4n) is 4.85. The molecule has 4 heteroatoms. The summed E-state index contributed by atoms with van der Waals surface area (Å²) < 4.78 is 0. The third kappa shape index (κ3) is 2.89. The van der Waals surface area contributed by atoms with E-state index in [1.807, 2.05) is 24.3 Å². The van der Waals surface area contributed by atoms with Crippen LogP contribution < -0.4 is 0 Å². The molecule has 2 bridgehead atoms. The van der Waals surface area contributed by atoms with E-state index in [-0.39, 0.29) is 22.0 Å². The van der Waals surface area contributed by atoms with E-state index in [0.29, 0.717) is 0 Å². The standard InChI is InChI=1S/C26H28O4/c1-25(2,3)13-7-9-15-17(11-13)19-16-10-8-14(26(4,5)6)12-18(16)20(15)22(24(29)30)21(19)23(27)28/h7-12,19-20H,1-6H3,(H,27,28)(H,29,30)/t19-,20-/m0/s1. The molecule has 30 heavy (non-hydrogen) atoms. The Labute approximate surface area is 177 Å². The van der Waals surface area contributed by atoms with Gasteiger partial charge in [-0.1, -0.05) is 77.9 Å². The van der Waals surface area contributed by atoms with Crippen LogP contribution in [0, 0.1) is 0 Å². The zero-order valence-electron chi connectivity index (χ0n) is 18.3. The molecule has 3 aliphatic carbocycles. The van der Waals surface area contributed by atoms with Crippen molar-refractivity contribution in [3.8, 4) is 0 Å². The van der Waals surface area contributed by atoms with Gasteiger partial charge in [0.05, 0.1) is 11.1 Å². The lowest BCUT2D eigenvalue weighted by Gasteiger charge is -2.42. The van der Waals surface area contributed by atoms with Crippen molar-refractivity contribution in [2.75, 3.05) is 0 Å². The summed E-state index contributed by atoms with van der Waals surface area (Å²) in [5.74, 6) is -3.45. The number of hydrogen-bond donors (Lipinski definition) is 2. The summed E-state index contributed by atoms with van der Waals surface area (Å²) in [6.45, 7) is 12.7. The smallest absolute Gasteiger partial charge is 0.333 e. The van der Waals surface area contributed by atoms with E-state index in [9.17, 15) is 19.8 Å². The minimum atomic E-state index is -1.15. The average Bonchev–Trinajstić information content (AvgIpc) is 2.64. The third-order valence-electron chi connectivity index (χ3n) is 6.48. The second-order valence-electron chi connectivity index (χ2n) is 10.5. The highest BCUT2D eigenvalue weighted by molar-refractivity contribution is 6.04. The van der Waals surface area contributed by atoms with E-state index in [4.69, 9.17) is 0 Å². The van der Waals surface area contributed by atoms with E-state index < -0.39 is 23.8 Å². The number of rotatable bonds is 2. The Morgan fingerprint density at radius 1 is 0.633 bits per heavy atom. The molecule has 2 aromatic carbocycles. The van der Waals surface area contributed by atoms with Crippen LogP contribution in [0.1, 0.15) is 86.8 Å². The lowest BCUT2D eigenvalue weighted by atomic mass is 9.59. The number of carboxylic acid groups (broad SMARTS) is 2. The highest BCUT2D eigenvalue weighted by Gasteiger charge is 2.48. The highest BCUT2D eigenvalue weighted by Crippen LogP contribution is 2.56. The summed E-state index contributed by atoms with van der Waals surface area (Å²) in [7, 11) is 0. The number of aliphatic carboxylic acids is 2. The summed E-state index contributed by atoms with van der Waals surface area (Å²) in [5.41, 5.74) is 5.72. The van der Waals surface area contributed by atoms with Gasteiger partial charge in [0.2, 0.25) is 0 Å². The number of hydrogen-bond acceptors (Lipinski definition) is 2. The van der Waals surface area contributed by atoms with Gasteiger partial charge in [-0.05, 0) is 44.2 Å². The van der Waals surface area contributed by atoms with Gasteiger partial charge in [-0.3, -0.25) is 0 Å². The predicted octanol–water partition coefficient (Wildman–Crippen LogP) is 5.34. The molecule has 4 nitrogen and oxygen atoms in total. The summed E-state index contributed by atoms with van der Waals surface area (Å²) in [6, 6.07) is 12.3. The maximum absolute atomic E-state index is 12.3. The molecule has 0 spiro atoms. The Morgan fingerprint density at radius 3 is 1.23 bits per heavy atom. The molecular weight excluding hydrogens is 376 g/mol. The molecule has 0 heterocycles. The molecule has 0 unspecified atom stereocenters. The maximum atomic E-state index is 12.3. The van der Waals surface area contributed by atoms with Gasteiger partial charge in [0, 0.05) is 11.8 Å². The molecule has 2 N–H and O–H groups in total. The largest absolute Gasteiger partial charge is 0.478 e. The Balaban J connectivity index is 2.06. The Hall–Kier alpha value is -2.88. The van der Waals surface area contributed by atoms with Gasteiger partial charge in [0.1, 0.15) is 0 Å². The van der Waals surface area contributed by atoms with Crippen LogP contribution in [0.25, 0.3) is 0 Å². The van der Waals surface area contributed by atoms with Crippen molar-refractivity contribution in [2.45, 2.75) is 64.2 Å². The molecule has 0 saturated carbocycles. The van der Waals surface area contributed by atoms with E-state index in [1.165, 1.54) is 0 Å². The lowest BCUT2D eigenvalue weighted by molar-refractivity contribution is -0.136. The molecular formula is C26H28O4. The molecule has 2 atom stereocenters. The molecule has 3 aliphatic rings. The van der Waals surface area contributed by atoms with Crippen LogP contribution in [-0.2, 0) is 20.4 Å². The van der Waals surface area contributed by atoms with E-state index in [1.54, 1.807) is 0 Å². The topological polar surface area (TPSA) is 74.6 Å². The van der Waals surface area contributed by atoms with E-state index in [0.717, 1.165) is 33.4 Å². The number of carboxylic acids is 2. The number of carbonyl (C=O) groups is 2. The summed E-state index contributed by atoms with van der Waals surface area (Å²) in [4.78, 5) is 24.5. The van der Waals surface area contributed by atoms with Gasteiger partial charge in [-0.25, -0.2) is 9.59 Å². The quantitative estimate of drug-likeness (QED) is 0.709. The van der Waals surface area contributed by atoms with Gasteiger partial charge >= 0.3 is 11.9 Å². The van der Waals surface area contributed by atoms with Crippen molar-refractivity contribution >= 4 is 11.9 Å². The number of benzene rings is 2. The molecule has 0 aromatic heterocycles. The molecule has 0 radical (unpaired) electrons. The molecule has 0 aliphatic heterocycles. The van der Waals surface area contributed by atoms with Gasteiger partial charge in [-0.15, -0.1) is 0 Å². The molecule has 2 aromatic rings. The van der Waals surface area contributed by atoms with Gasteiger partial charge < -0.3 is 10.2 Å². The predicted molar refractivity (Wildman–Crippen MR) is 116 cm³/mol. The molecule has 156 valence electrons. The first-order valence-corrected chi connectivity index (χ1v) is 10.3. The summed E-state index contributed by atoms with van der Waals surface area (Å²) >= 11 is 0. The second kappa shape index (κ2) is 6.31. The first kappa shape index (κ1) is 20.4. The summed E-state index contributed by atoms with van der Waals surface area (Å²) in [5, 5.41) is 20.0. The second-order valence-corrected chi connectivity index (χ2v) is 10.5. The van der Waals surface area contributed by atoms with Crippen molar-refractivity contribution < 1.29 is 19.8 Å². The van der Waals surface area contributed by atoms with Crippen molar-refractivity contribution in [1.29, 1.82) is 0 Å². The Morgan fingerprint density at radius 2 is 0.967 bits per heavy atom. The van der Waals surface area contributed by atoms with Gasteiger partial charge in [-0.2, -0.15) is 0 Å². The fourth-order valence-corrected chi connectivity index (χ4v) is 4.85. The Kier molecular flexibility index (Phi) is 4.29. The van der Waals surface area contributed by atoms with E-state index in [2.05, 4.69) is 53.7 Å². The van der Waals surface area contributed by atoms with Crippen molar-refractivity contribution in [3.05, 3.63) is 80.9 Å². The van der Waals surface area contributed by atoms with Crippen LogP contribution in [0.15, 0.2) is 47.5 Å². The first-order valence-electron chi connectivity index (χ1n) is 10.3. The monoisotopic (exact) mass is 404 g/mol. The van der Waals surface area contributed by atoms with Gasteiger partial charge in [0.25, 0.3) is 0 Å². The van der Waals surface area contributed by atoms with Crippen LogP contribution >= 0.6 is 0 Å². The minimum absolute atomic E-state index is 0.00191. The third-order valence-corrected chi connectivity index (χ3v) is 6.48. The fraction of sp³-hybridized carbons (Fsp3) is 0.385. The summed E-state index contributed by atoms with van der Waals surface area (Å²) in [6.07, 6.45) is 0. The lowest BCUT2D eigenvalue weighted by Crippen LogP contribution is -2.35. The van der Waals surface area contributed by atoms with E-state index >= 15 is 0 Å². The van der Waals surface area contributed by atoms with Crippen LogP contribution in [0.4, 0.5) is 0 Å². The average molecular weight is 405 g/mol. The van der Waals surface area contributed by atoms with Gasteiger partial charge in [0.15, 0.2) is 0 Å². The maximum Gasteiger partial charge on any atom is 0.333 e. The Bertz CT molecular complexity index is 1030. The molecule has 0 amide bonds. The normalized spacial score (nSPS) is 20.1. The van der Waals surface area contributed by atoms with Crippen molar-refractivity contribution in [3.63, 3.8) is 0 Å². The highest BCUT2D eigenvalue weighted by atomic mass is 16.4. The molecule has 0 saturated heterocycles. The zero-order valence-corrected chi connectivity index (χ0v) is 18.3. The SMILES string of the molecule is CC(C)(C)c1ccc2c(c1)[C@H]1C(C(=O)O)=C(C(=O)O)[C@@H]2c2cc(C(C)(C)C)ccc21. The van der Waals surface area contributed by atoms with Crippen LogP contribution in [0.2, 0.25) is 0 Å². The van der Waals surface area contributed by atoms with Crippen LogP contribution in [-0.4, -0.2) is 22.2 Å². The van der Waals surface area contributed by atoms with Crippen molar-refractivity contribution in [2.24, 2.45) is 0 Å². The molecule has 0 fully saturated rings. The van der Waals surface area contributed by atoms with Crippen LogP contribution in [0.3, 0.4) is 0 Å². The first-order chi connectivity index (χ1) is 13.8. The van der Waals surface area contributed by atoms with Crippen molar-refractivity contribution in [1.82, 2.24) is 0 Å². The molecule has 5 rings (SSSR count). The minimum Gasteiger partial charge on any atom is -0.478 e.